The van der Waals surface area contributed by atoms with E-state index in [1.165, 1.54) is 0 Å². The van der Waals surface area contributed by atoms with Crippen LogP contribution in [-0.4, -0.2) is 29.4 Å². The summed E-state index contributed by atoms with van der Waals surface area (Å²) in [4.78, 5) is 0. The molecule has 0 aliphatic heterocycles. The van der Waals surface area contributed by atoms with Gasteiger partial charge in [-0.05, 0) is 18.4 Å². The zero-order valence-electron chi connectivity index (χ0n) is 10.9. The van der Waals surface area contributed by atoms with Gasteiger partial charge >= 0.3 is 0 Å². The maximum atomic E-state index is 10.3. The van der Waals surface area contributed by atoms with Crippen molar-refractivity contribution < 1.29 is 10.2 Å². The predicted molar refractivity (Wildman–Crippen MR) is 69.7 cm³/mol. The second-order valence-corrected chi connectivity index (χ2v) is 5.08. The normalized spacial score (nSPS) is 16.8. The fourth-order valence-electron chi connectivity index (χ4n) is 1.60. The number of nitrogens with one attached hydrogen (secondary N) is 1. The van der Waals surface area contributed by atoms with Crippen LogP contribution in [0.4, 0.5) is 0 Å². The number of benzene rings is 1. The zero-order chi connectivity index (χ0) is 12.9. The van der Waals surface area contributed by atoms with E-state index >= 15 is 0 Å². The maximum Gasteiger partial charge on any atom is 0.0992 e. The maximum absolute atomic E-state index is 10.3. The minimum absolute atomic E-state index is 0.226. The molecule has 3 N–H and O–H groups in total. The van der Waals surface area contributed by atoms with E-state index < -0.39 is 5.60 Å². The third-order valence-electron chi connectivity index (χ3n) is 2.99. The van der Waals surface area contributed by atoms with Crippen LogP contribution >= 0.6 is 0 Å². The number of aliphatic hydroxyl groups excluding tert-OH is 1. The number of hydrogen-bond donors (Lipinski definition) is 3. The molecule has 0 aliphatic carbocycles. The predicted octanol–water partition coefficient (Wildman–Crippen LogP) is 1.50. The van der Waals surface area contributed by atoms with Crippen LogP contribution in [0.25, 0.3) is 0 Å². The molecule has 0 bridgehead atoms. The highest BCUT2D eigenvalue weighted by Gasteiger charge is 2.22. The first kappa shape index (κ1) is 14.2. The minimum Gasteiger partial charge on any atom is -0.392 e. The van der Waals surface area contributed by atoms with Crippen LogP contribution in [0.1, 0.15) is 26.3 Å². The smallest absolute Gasteiger partial charge is 0.0992 e. The van der Waals surface area contributed by atoms with E-state index in [2.05, 4.69) is 5.32 Å². The van der Waals surface area contributed by atoms with E-state index in [0.29, 0.717) is 13.1 Å². The zero-order valence-corrected chi connectivity index (χ0v) is 10.9. The van der Waals surface area contributed by atoms with Gasteiger partial charge in [0.1, 0.15) is 0 Å². The molecule has 96 valence electrons. The van der Waals surface area contributed by atoms with Crippen LogP contribution < -0.4 is 5.32 Å². The Hall–Kier alpha value is -0.900. The lowest BCUT2D eigenvalue weighted by Crippen LogP contribution is -2.40. The van der Waals surface area contributed by atoms with Crippen LogP contribution in [0.3, 0.4) is 0 Å². The molecule has 0 heterocycles. The van der Waals surface area contributed by atoms with E-state index in [4.69, 9.17) is 0 Å². The summed E-state index contributed by atoms with van der Waals surface area (Å²) >= 11 is 0. The van der Waals surface area contributed by atoms with Gasteiger partial charge in [-0.1, -0.05) is 44.2 Å². The Morgan fingerprint density at radius 1 is 1.24 bits per heavy atom. The van der Waals surface area contributed by atoms with Gasteiger partial charge in [-0.2, -0.15) is 0 Å². The van der Waals surface area contributed by atoms with Gasteiger partial charge in [0, 0.05) is 13.1 Å². The summed E-state index contributed by atoms with van der Waals surface area (Å²) in [7, 11) is 0. The van der Waals surface area contributed by atoms with Crippen molar-refractivity contribution in [2.24, 2.45) is 5.92 Å². The summed E-state index contributed by atoms with van der Waals surface area (Å²) in [6.07, 6.45) is -0.374. The highest BCUT2D eigenvalue weighted by Crippen LogP contribution is 2.18. The largest absolute Gasteiger partial charge is 0.392 e. The van der Waals surface area contributed by atoms with E-state index in [9.17, 15) is 10.2 Å². The van der Waals surface area contributed by atoms with E-state index in [-0.39, 0.29) is 12.0 Å². The Morgan fingerprint density at radius 3 is 2.35 bits per heavy atom. The van der Waals surface area contributed by atoms with Crippen molar-refractivity contribution in [3.05, 3.63) is 35.9 Å². The molecule has 0 radical (unpaired) electrons. The lowest BCUT2D eigenvalue weighted by Gasteiger charge is -2.25. The van der Waals surface area contributed by atoms with Crippen molar-refractivity contribution >= 4 is 0 Å². The van der Waals surface area contributed by atoms with Gasteiger partial charge < -0.3 is 15.5 Å². The van der Waals surface area contributed by atoms with E-state index in [1.54, 1.807) is 6.92 Å². The minimum atomic E-state index is -0.905. The molecule has 2 atom stereocenters. The summed E-state index contributed by atoms with van der Waals surface area (Å²) in [6.45, 7) is 6.65. The molecule has 1 rings (SSSR count). The average molecular weight is 237 g/mol. The van der Waals surface area contributed by atoms with Crippen LogP contribution in [0.15, 0.2) is 30.3 Å². The van der Waals surface area contributed by atoms with E-state index in [0.717, 1.165) is 5.56 Å². The summed E-state index contributed by atoms with van der Waals surface area (Å²) in [5, 5.41) is 23.0. The SMILES string of the molecule is CC(C)C(O)CNCC(C)(O)c1ccccc1. The molecule has 0 saturated carbocycles. The highest BCUT2D eigenvalue weighted by atomic mass is 16.3. The average Bonchev–Trinajstić information content (AvgIpc) is 2.29. The van der Waals surface area contributed by atoms with Gasteiger partial charge in [0.25, 0.3) is 0 Å². The van der Waals surface area contributed by atoms with Crippen molar-refractivity contribution in [2.75, 3.05) is 13.1 Å². The molecule has 1 aromatic rings. The van der Waals surface area contributed by atoms with Crippen LogP contribution in [0.5, 0.6) is 0 Å². The highest BCUT2D eigenvalue weighted by molar-refractivity contribution is 5.21. The van der Waals surface area contributed by atoms with Gasteiger partial charge in [-0.3, -0.25) is 0 Å². The molecule has 2 unspecified atom stereocenters. The van der Waals surface area contributed by atoms with Gasteiger partial charge in [0.05, 0.1) is 11.7 Å². The third-order valence-corrected chi connectivity index (χ3v) is 2.99. The molecule has 17 heavy (non-hydrogen) atoms. The van der Waals surface area contributed by atoms with Crippen LogP contribution in [-0.2, 0) is 5.60 Å². The van der Waals surface area contributed by atoms with Crippen molar-refractivity contribution in [2.45, 2.75) is 32.5 Å². The molecule has 0 spiro atoms. The monoisotopic (exact) mass is 237 g/mol. The molecule has 3 heteroatoms. The van der Waals surface area contributed by atoms with Crippen molar-refractivity contribution in [1.82, 2.24) is 5.32 Å². The van der Waals surface area contributed by atoms with Gasteiger partial charge in [0.15, 0.2) is 0 Å². The first-order valence-electron chi connectivity index (χ1n) is 6.10. The molecular formula is C14H23NO2. The fraction of sp³-hybridized carbons (Fsp3) is 0.571. The molecule has 1 aromatic carbocycles. The molecule has 0 amide bonds. The van der Waals surface area contributed by atoms with Crippen LogP contribution in [0.2, 0.25) is 0 Å². The van der Waals surface area contributed by atoms with Gasteiger partial charge in [0.2, 0.25) is 0 Å². The summed E-state index contributed by atoms with van der Waals surface area (Å²) in [6, 6.07) is 9.55. The second kappa shape index (κ2) is 6.15. The van der Waals surface area contributed by atoms with E-state index in [1.807, 2.05) is 44.2 Å². The van der Waals surface area contributed by atoms with Crippen LogP contribution in [0, 0.1) is 5.92 Å². The summed E-state index contributed by atoms with van der Waals surface area (Å²) in [5.41, 5.74) is -0.0237. The van der Waals surface area contributed by atoms with Gasteiger partial charge in [-0.25, -0.2) is 0 Å². The molecule has 0 saturated heterocycles. The number of hydrogen-bond acceptors (Lipinski definition) is 3. The Balaban J connectivity index is 2.46. The lowest BCUT2D eigenvalue weighted by molar-refractivity contribution is 0.0491. The van der Waals surface area contributed by atoms with Gasteiger partial charge in [-0.15, -0.1) is 0 Å². The topological polar surface area (TPSA) is 52.5 Å². The van der Waals surface area contributed by atoms with Crippen molar-refractivity contribution in [1.29, 1.82) is 0 Å². The number of aliphatic hydroxyl groups is 2. The Morgan fingerprint density at radius 2 is 1.82 bits per heavy atom. The number of rotatable bonds is 6. The molecular weight excluding hydrogens is 214 g/mol. The Kier molecular flexibility index (Phi) is 5.12. The van der Waals surface area contributed by atoms with Crippen molar-refractivity contribution in [3.63, 3.8) is 0 Å². The fourth-order valence-corrected chi connectivity index (χ4v) is 1.60. The Bertz CT molecular complexity index is 322. The Labute approximate surface area is 103 Å². The first-order valence-corrected chi connectivity index (χ1v) is 6.10. The quantitative estimate of drug-likeness (QED) is 0.703. The summed E-state index contributed by atoms with van der Waals surface area (Å²) < 4.78 is 0. The standard InChI is InChI=1S/C14H23NO2/c1-11(2)13(16)9-15-10-14(3,17)12-7-5-4-6-8-12/h4-8,11,13,15-17H,9-10H2,1-3H3. The molecule has 0 fully saturated rings. The molecule has 0 aliphatic rings. The molecule has 3 nitrogen and oxygen atoms in total. The third kappa shape index (κ3) is 4.46. The lowest BCUT2D eigenvalue weighted by atomic mass is 9.96. The summed E-state index contributed by atoms with van der Waals surface area (Å²) in [5.74, 6) is 0.226. The van der Waals surface area contributed by atoms with Crippen molar-refractivity contribution in [3.8, 4) is 0 Å². The molecule has 0 aromatic heterocycles. The first-order chi connectivity index (χ1) is 7.93. The second-order valence-electron chi connectivity index (χ2n) is 5.08.